The van der Waals surface area contributed by atoms with E-state index in [0.717, 1.165) is 34.6 Å². The van der Waals surface area contributed by atoms with E-state index in [0.29, 0.717) is 18.0 Å². The molecule has 1 unspecified atom stereocenters. The van der Waals surface area contributed by atoms with Gasteiger partial charge < -0.3 is 4.98 Å². The maximum atomic E-state index is 12.9. The molecule has 0 saturated carbocycles. The molecule has 1 aliphatic rings. The van der Waals surface area contributed by atoms with Gasteiger partial charge in [0.25, 0.3) is 5.56 Å². The Hall–Kier alpha value is -2.76. The van der Waals surface area contributed by atoms with Gasteiger partial charge in [-0.25, -0.2) is 4.98 Å². The maximum absolute atomic E-state index is 12.9. The van der Waals surface area contributed by atoms with Crippen LogP contribution < -0.4 is 5.56 Å². The maximum Gasteiger partial charge on any atom is 0.260 e. The average molecular weight is 402 g/mol. The van der Waals surface area contributed by atoms with Crippen molar-refractivity contribution in [3.05, 3.63) is 87.3 Å². The Labute approximate surface area is 173 Å². The molecular formula is C24H23N3OS. The number of hydrogen-bond acceptors (Lipinski definition) is 4. The Balaban J connectivity index is 1.46. The highest BCUT2D eigenvalue weighted by atomic mass is 32.1. The molecule has 5 heteroatoms. The van der Waals surface area contributed by atoms with Crippen LogP contribution >= 0.6 is 11.3 Å². The number of nitrogens with one attached hydrogen (secondary N) is 1. The molecule has 1 atom stereocenters. The van der Waals surface area contributed by atoms with Crippen LogP contribution in [0.3, 0.4) is 0 Å². The molecule has 4 nitrogen and oxygen atoms in total. The number of aromatic amines is 1. The summed E-state index contributed by atoms with van der Waals surface area (Å²) < 4.78 is 0. The monoisotopic (exact) mass is 401 g/mol. The van der Waals surface area contributed by atoms with Crippen LogP contribution in [0, 0.1) is 0 Å². The number of aryl methyl sites for hydroxylation is 1. The van der Waals surface area contributed by atoms with Crippen molar-refractivity contribution in [3.63, 3.8) is 0 Å². The first-order chi connectivity index (χ1) is 14.2. The van der Waals surface area contributed by atoms with Crippen LogP contribution in [-0.4, -0.2) is 21.9 Å². The van der Waals surface area contributed by atoms with Crippen molar-refractivity contribution in [2.45, 2.75) is 31.8 Å². The van der Waals surface area contributed by atoms with Crippen molar-refractivity contribution in [1.82, 2.24) is 14.9 Å². The van der Waals surface area contributed by atoms with E-state index in [-0.39, 0.29) is 5.56 Å². The molecule has 1 aliphatic carbocycles. The van der Waals surface area contributed by atoms with Gasteiger partial charge in [0, 0.05) is 17.0 Å². The molecule has 0 radical (unpaired) electrons. The van der Waals surface area contributed by atoms with E-state index in [1.807, 2.05) is 35.7 Å². The number of H-pyrrole nitrogens is 1. The van der Waals surface area contributed by atoms with Gasteiger partial charge in [-0.1, -0.05) is 54.6 Å². The molecule has 4 aromatic rings. The van der Waals surface area contributed by atoms with Crippen molar-refractivity contribution in [1.29, 1.82) is 0 Å². The first-order valence-corrected chi connectivity index (χ1v) is 10.9. The van der Waals surface area contributed by atoms with Crippen molar-refractivity contribution in [2.24, 2.45) is 0 Å². The van der Waals surface area contributed by atoms with Crippen LogP contribution in [0.15, 0.2) is 64.8 Å². The summed E-state index contributed by atoms with van der Waals surface area (Å²) in [6.07, 6.45) is 3.48. The Kier molecular flexibility index (Phi) is 4.78. The van der Waals surface area contributed by atoms with Crippen LogP contribution in [0.4, 0.5) is 0 Å². The van der Waals surface area contributed by atoms with Crippen molar-refractivity contribution in [3.8, 4) is 11.1 Å². The molecule has 5 rings (SSSR count). The number of nitrogens with zero attached hydrogens (tertiary/aromatic N) is 2. The first-order valence-electron chi connectivity index (χ1n) is 10.0. The quantitative estimate of drug-likeness (QED) is 0.514. The zero-order chi connectivity index (χ0) is 19.8. The van der Waals surface area contributed by atoms with Gasteiger partial charge in [0.1, 0.15) is 10.7 Å². The van der Waals surface area contributed by atoms with E-state index < -0.39 is 0 Å². The molecule has 2 aromatic heterocycles. The lowest BCUT2D eigenvalue weighted by Gasteiger charge is -2.33. The molecule has 0 saturated heterocycles. The largest absolute Gasteiger partial charge is 0.309 e. The zero-order valence-corrected chi connectivity index (χ0v) is 17.2. The number of fused-ring (bicyclic) bond motifs is 2. The van der Waals surface area contributed by atoms with Gasteiger partial charge in [-0.3, -0.25) is 9.69 Å². The van der Waals surface area contributed by atoms with E-state index in [9.17, 15) is 4.79 Å². The van der Waals surface area contributed by atoms with Gasteiger partial charge in [0.2, 0.25) is 0 Å². The number of thiophene rings is 1. The summed E-state index contributed by atoms with van der Waals surface area (Å²) in [6, 6.07) is 19.1. The van der Waals surface area contributed by atoms with Crippen molar-refractivity contribution in [2.75, 3.05) is 7.05 Å². The highest BCUT2D eigenvalue weighted by molar-refractivity contribution is 7.17. The molecule has 2 heterocycles. The molecule has 1 N–H and O–H groups in total. The summed E-state index contributed by atoms with van der Waals surface area (Å²) in [6.45, 7) is 0.628. The van der Waals surface area contributed by atoms with Crippen molar-refractivity contribution >= 4 is 21.6 Å². The first kappa shape index (κ1) is 18.3. The highest BCUT2D eigenvalue weighted by Gasteiger charge is 2.24. The molecule has 0 aliphatic heterocycles. The predicted molar refractivity (Wildman–Crippen MR) is 119 cm³/mol. The topological polar surface area (TPSA) is 49.0 Å². The SMILES string of the molecule is CN(Cc1nc2scc(-c3ccccc3)c2c(=O)[nH]1)C1CCCc2ccccc21. The normalized spacial score (nSPS) is 16.3. The zero-order valence-electron chi connectivity index (χ0n) is 16.4. The number of benzene rings is 2. The standard InChI is InChI=1S/C24H23N3OS/c1-27(20-13-7-11-16-10-5-6-12-18(16)20)14-21-25-23(28)22-19(15-29-24(22)26-21)17-8-3-2-4-9-17/h2-6,8-10,12,15,20H,7,11,13-14H2,1H3,(H,25,26,28). The van der Waals surface area contributed by atoms with Gasteiger partial charge in [-0.05, 0) is 43.0 Å². The third kappa shape index (κ3) is 3.41. The van der Waals surface area contributed by atoms with Crippen LogP contribution in [0.5, 0.6) is 0 Å². The number of hydrogen-bond donors (Lipinski definition) is 1. The molecule has 0 fully saturated rings. The lowest BCUT2D eigenvalue weighted by atomic mass is 9.87. The minimum Gasteiger partial charge on any atom is -0.309 e. The van der Waals surface area contributed by atoms with Gasteiger partial charge in [-0.2, -0.15) is 0 Å². The molecule has 0 spiro atoms. The van der Waals surface area contributed by atoms with Crippen LogP contribution in [-0.2, 0) is 13.0 Å². The van der Waals surface area contributed by atoms with E-state index in [1.165, 1.54) is 28.9 Å². The Bertz CT molecular complexity index is 1210. The van der Waals surface area contributed by atoms with Gasteiger partial charge in [-0.15, -0.1) is 11.3 Å². The van der Waals surface area contributed by atoms with Crippen LogP contribution in [0.2, 0.25) is 0 Å². The smallest absolute Gasteiger partial charge is 0.260 e. The summed E-state index contributed by atoms with van der Waals surface area (Å²) in [7, 11) is 2.13. The second kappa shape index (κ2) is 7.58. The second-order valence-electron chi connectivity index (χ2n) is 7.73. The van der Waals surface area contributed by atoms with Crippen LogP contribution in [0.25, 0.3) is 21.3 Å². The molecule has 2 aromatic carbocycles. The fraction of sp³-hybridized carbons (Fsp3) is 0.250. The minimum absolute atomic E-state index is 0.0532. The average Bonchev–Trinajstić information content (AvgIpc) is 3.18. The fourth-order valence-corrected chi connectivity index (χ4v) is 5.40. The number of aromatic nitrogens is 2. The predicted octanol–water partition coefficient (Wildman–Crippen LogP) is 5.16. The van der Waals surface area contributed by atoms with Crippen molar-refractivity contribution < 1.29 is 0 Å². The Morgan fingerprint density at radius 3 is 2.79 bits per heavy atom. The van der Waals surface area contributed by atoms with E-state index in [4.69, 9.17) is 4.98 Å². The lowest BCUT2D eigenvalue weighted by Crippen LogP contribution is -2.29. The summed E-state index contributed by atoms with van der Waals surface area (Å²) in [5.41, 5.74) is 4.81. The molecule has 146 valence electrons. The van der Waals surface area contributed by atoms with Gasteiger partial charge >= 0.3 is 0 Å². The van der Waals surface area contributed by atoms with Crippen LogP contribution in [0.1, 0.15) is 35.8 Å². The number of rotatable bonds is 4. The minimum atomic E-state index is -0.0532. The highest BCUT2D eigenvalue weighted by Crippen LogP contribution is 2.34. The summed E-state index contributed by atoms with van der Waals surface area (Å²) in [5.74, 6) is 0.731. The summed E-state index contributed by atoms with van der Waals surface area (Å²) in [4.78, 5) is 23.9. The molecule has 29 heavy (non-hydrogen) atoms. The molecular weight excluding hydrogens is 378 g/mol. The van der Waals surface area contributed by atoms with E-state index in [1.54, 1.807) is 0 Å². The Morgan fingerprint density at radius 1 is 1.14 bits per heavy atom. The Morgan fingerprint density at radius 2 is 1.93 bits per heavy atom. The van der Waals surface area contributed by atoms with E-state index >= 15 is 0 Å². The third-order valence-corrected chi connectivity index (χ3v) is 6.72. The summed E-state index contributed by atoms with van der Waals surface area (Å²) in [5, 5.41) is 2.73. The fourth-order valence-electron chi connectivity index (χ4n) is 4.43. The van der Waals surface area contributed by atoms with Gasteiger partial charge in [0.05, 0.1) is 11.9 Å². The summed E-state index contributed by atoms with van der Waals surface area (Å²) >= 11 is 1.54. The third-order valence-electron chi connectivity index (χ3n) is 5.85. The van der Waals surface area contributed by atoms with E-state index in [2.05, 4.69) is 41.2 Å². The lowest BCUT2D eigenvalue weighted by molar-refractivity contribution is 0.208. The van der Waals surface area contributed by atoms with Gasteiger partial charge in [0.15, 0.2) is 0 Å². The second-order valence-corrected chi connectivity index (χ2v) is 8.59. The molecule has 0 bridgehead atoms. The molecule has 0 amide bonds.